The topological polar surface area (TPSA) is 146 Å². The van der Waals surface area contributed by atoms with E-state index in [-0.39, 0.29) is 36.5 Å². The highest BCUT2D eigenvalue weighted by molar-refractivity contribution is 5.95. The number of nitro benzene ring substituents is 1. The molecule has 41 heavy (non-hydrogen) atoms. The molecule has 0 spiro atoms. The van der Waals surface area contributed by atoms with E-state index in [1.165, 1.54) is 25.3 Å². The van der Waals surface area contributed by atoms with Gasteiger partial charge in [0, 0.05) is 30.7 Å². The molecule has 4 rings (SSSR count). The zero-order chi connectivity index (χ0) is 29.2. The first-order valence-corrected chi connectivity index (χ1v) is 12.6. The molecule has 0 unspecified atom stereocenters. The van der Waals surface area contributed by atoms with Crippen LogP contribution in [0.1, 0.15) is 19.3 Å². The highest BCUT2D eigenvalue weighted by Crippen LogP contribution is 2.29. The predicted octanol–water partition coefficient (Wildman–Crippen LogP) is 5.84. The number of rotatable bonds is 12. The fraction of sp³-hybridized carbons (Fsp3) is 0.167. The summed E-state index contributed by atoms with van der Waals surface area (Å²) in [4.78, 5) is 46.9. The first-order valence-electron chi connectivity index (χ1n) is 12.6. The summed E-state index contributed by atoms with van der Waals surface area (Å²) in [6, 6.07) is 24.6. The van der Waals surface area contributed by atoms with Crippen LogP contribution < -0.4 is 20.1 Å². The van der Waals surface area contributed by atoms with Gasteiger partial charge in [-0.2, -0.15) is 0 Å². The van der Waals surface area contributed by atoms with Gasteiger partial charge < -0.3 is 24.8 Å². The molecule has 0 heterocycles. The van der Waals surface area contributed by atoms with Crippen LogP contribution in [-0.2, 0) is 19.1 Å². The van der Waals surface area contributed by atoms with Crippen LogP contribution >= 0.6 is 0 Å². The van der Waals surface area contributed by atoms with E-state index in [1.807, 2.05) is 42.5 Å². The van der Waals surface area contributed by atoms with Gasteiger partial charge >= 0.3 is 5.97 Å². The number of ether oxygens (including phenoxy) is 3. The molecule has 11 nitrogen and oxygen atoms in total. The number of methoxy groups -OCH3 is 1. The van der Waals surface area contributed by atoms with E-state index >= 15 is 0 Å². The fourth-order valence-corrected chi connectivity index (χ4v) is 3.90. The summed E-state index contributed by atoms with van der Waals surface area (Å²) in [5.41, 5.74) is 0.163. The van der Waals surface area contributed by atoms with Crippen molar-refractivity contribution in [1.82, 2.24) is 0 Å². The Kier molecular flexibility index (Phi) is 9.45. The second-order valence-electron chi connectivity index (χ2n) is 8.89. The van der Waals surface area contributed by atoms with Crippen LogP contribution in [0.5, 0.6) is 17.2 Å². The Morgan fingerprint density at radius 2 is 1.49 bits per heavy atom. The van der Waals surface area contributed by atoms with Gasteiger partial charge in [-0.1, -0.05) is 30.3 Å². The smallest absolute Gasteiger partial charge is 0.306 e. The maximum absolute atomic E-state index is 12.3. The molecule has 0 bridgehead atoms. The number of carbonyl (C=O) groups excluding carboxylic acids is 3. The molecular weight excluding hydrogens is 530 g/mol. The largest absolute Gasteiger partial charge is 0.497 e. The molecule has 2 amide bonds. The van der Waals surface area contributed by atoms with Crippen molar-refractivity contribution in [3.8, 4) is 17.2 Å². The number of nitrogens with zero attached hydrogens (tertiary/aromatic N) is 1. The van der Waals surface area contributed by atoms with Crippen molar-refractivity contribution in [3.05, 3.63) is 95.0 Å². The third-order valence-electron chi connectivity index (χ3n) is 5.92. The number of benzene rings is 4. The van der Waals surface area contributed by atoms with Crippen molar-refractivity contribution in [2.24, 2.45) is 0 Å². The van der Waals surface area contributed by atoms with E-state index in [0.29, 0.717) is 22.9 Å². The minimum atomic E-state index is -0.750. The average Bonchev–Trinajstić information content (AvgIpc) is 2.97. The lowest BCUT2D eigenvalue weighted by Crippen LogP contribution is -2.21. The van der Waals surface area contributed by atoms with Crippen LogP contribution in [0.3, 0.4) is 0 Å². The predicted molar refractivity (Wildman–Crippen MR) is 152 cm³/mol. The molecule has 11 heteroatoms. The second-order valence-corrected chi connectivity index (χ2v) is 8.89. The van der Waals surface area contributed by atoms with Crippen molar-refractivity contribution in [1.29, 1.82) is 0 Å². The molecule has 0 aliphatic heterocycles. The molecule has 0 atom stereocenters. The number of nitro groups is 1. The van der Waals surface area contributed by atoms with Crippen molar-refractivity contribution >= 4 is 45.6 Å². The monoisotopic (exact) mass is 557 g/mol. The third kappa shape index (κ3) is 8.27. The summed E-state index contributed by atoms with van der Waals surface area (Å²) < 4.78 is 15.8. The van der Waals surface area contributed by atoms with E-state index in [9.17, 15) is 24.5 Å². The van der Waals surface area contributed by atoms with Gasteiger partial charge in [0.25, 0.3) is 11.6 Å². The van der Waals surface area contributed by atoms with Crippen LogP contribution in [0, 0.1) is 10.1 Å². The highest BCUT2D eigenvalue weighted by atomic mass is 16.6. The van der Waals surface area contributed by atoms with Crippen LogP contribution in [0.2, 0.25) is 0 Å². The van der Waals surface area contributed by atoms with Crippen molar-refractivity contribution in [3.63, 3.8) is 0 Å². The Balaban J connectivity index is 1.16. The molecule has 0 aromatic heterocycles. The molecule has 2 N–H and O–H groups in total. The third-order valence-corrected chi connectivity index (χ3v) is 5.92. The van der Waals surface area contributed by atoms with E-state index in [1.54, 1.807) is 24.3 Å². The zero-order valence-corrected chi connectivity index (χ0v) is 22.1. The SMILES string of the molecule is COc1ccc([N+](=O)[O-])c(NC(=O)COC(=O)CCCC(=O)Nc2ccc(Oc3ccc4ccccc4c3)cc2)c1. The Labute approximate surface area is 235 Å². The van der Waals surface area contributed by atoms with Gasteiger partial charge in [-0.3, -0.25) is 24.5 Å². The molecule has 4 aromatic rings. The maximum atomic E-state index is 12.3. The summed E-state index contributed by atoms with van der Waals surface area (Å²) in [5, 5.41) is 18.4. The zero-order valence-electron chi connectivity index (χ0n) is 22.1. The summed E-state index contributed by atoms with van der Waals surface area (Å²) in [6.45, 7) is -0.632. The van der Waals surface area contributed by atoms with Crippen LogP contribution in [-0.4, -0.2) is 36.4 Å². The van der Waals surface area contributed by atoms with Gasteiger partial charge in [-0.15, -0.1) is 0 Å². The standard InChI is InChI=1S/C30H27N3O8/c1-39-24-15-16-27(33(37)38)26(18-24)32-29(35)19-40-30(36)8-4-7-28(34)31-22-10-13-23(14-11-22)41-25-12-9-20-5-2-3-6-21(20)17-25/h2-3,5-6,9-18H,4,7-8,19H2,1H3,(H,31,34)(H,32,35). The lowest BCUT2D eigenvalue weighted by Gasteiger charge is -2.09. The number of hydrogen-bond acceptors (Lipinski definition) is 8. The second kappa shape index (κ2) is 13.6. The summed E-state index contributed by atoms with van der Waals surface area (Å²) in [5.74, 6) is -0.0863. The van der Waals surface area contributed by atoms with Crippen LogP contribution in [0.4, 0.5) is 17.1 Å². The summed E-state index contributed by atoms with van der Waals surface area (Å²) in [7, 11) is 1.38. The maximum Gasteiger partial charge on any atom is 0.306 e. The first kappa shape index (κ1) is 28.6. The molecule has 0 saturated heterocycles. The highest BCUT2D eigenvalue weighted by Gasteiger charge is 2.18. The van der Waals surface area contributed by atoms with E-state index < -0.39 is 23.4 Å². The molecule has 0 saturated carbocycles. The molecule has 0 fully saturated rings. The Hall–Kier alpha value is -5.45. The number of hydrogen-bond donors (Lipinski definition) is 2. The minimum absolute atomic E-state index is 0.0621. The number of anilines is 2. The van der Waals surface area contributed by atoms with E-state index in [0.717, 1.165) is 10.8 Å². The molecule has 0 aliphatic carbocycles. The lowest BCUT2D eigenvalue weighted by atomic mass is 10.1. The van der Waals surface area contributed by atoms with Crippen molar-refractivity contribution in [2.45, 2.75) is 19.3 Å². The fourth-order valence-electron chi connectivity index (χ4n) is 3.90. The quantitative estimate of drug-likeness (QED) is 0.125. The van der Waals surface area contributed by atoms with Gasteiger partial charge in [-0.25, -0.2) is 0 Å². The summed E-state index contributed by atoms with van der Waals surface area (Å²) >= 11 is 0. The lowest BCUT2D eigenvalue weighted by molar-refractivity contribution is -0.383. The number of amides is 2. The number of fused-ring (bicyclic) bond motifs is 1. The van der Waals surface area contributed by atoms with Gasteiger partial charge in [0.15, 0.2) is 6.61 Å². The van der Waals surface area contributed by atoms with E-state index in [4.69, 9.17) is 14.2 Å². The van der Waals surface area contributed by atoms with Crippen molar-refractivity contribution in [2.75, 3.05) is 24.4 Å². The van der Waals surface area contributed by atoms with Gasteiger partial charge in [0.1, 0.15) is 22.9 Å². The van der Waals surface area contributed by atoms with Gasteiger partial charge in [0.05, 0.1) is 12.0 Å². The Morgan fingerprint density at radius 1 is 0.780 bits per heavy atom. The molecule has 210 valence electrons. The van der Waals surface area contributed by atoms with Crippen molar-refractivity contribution < 1.29 is 33.5 Å². The van der Waals surface area contributed by atoms with Crippen LogP contribution in [0.25, 0.3) is 10.8 Å². The molecular formula is C30H27N3O8. The normalized spacial score (nSPS) is 10.5. The molecule has 0 radical (unpaired) electrons. The number of nitrogens with one attached hydrogen (secondary N) is 2. The average molecular weight is 558 g/mol. The van der Waals surface area contributed by atoms with Crippen LogP contribution in [0.15, 0.2) is 84.9 Å². The Bertz CT molecular complexity index is 1570. The summed E-state index contributed by atoms with van der Waals surface area (Å²) in [6.07, 6.45) is 0.183. The Morgan fingerprint density at radius 3 is 2.22 bits per heavy atom. The van der Waals surface area contributed by atoms with E-state index in [2.05, 4.69) is 10.6 Å². The van der Waals surface area contributed by atoms with Gasteiger partial charge in [-0.05, 0) is 59.7 Å². The van der Waals surface area contributed by atoms with Gasteiger partial charge in [0.2, 0.25) is 5.91 Å². The first-order chi connectivity index (χ1) is 19.8. The molecule has 0 aliphatic rings. The minimum Gasteiger partial charge on any atom is -0.497 e. The number of carbonyl (C=O) groups is 3. The number of esters is 1. The molecule has 4 aromatic carbocycles.